The van der Waals surface area contributed by atoms with E-state index in [-0.39, 0.29) is 0 Å². The summed E-state index contributed by atoms with van der Waals surface area (Å²) in [5.74, 6) is 2.14. The van der Waals surface area contributed by atoms with E-state index in [1.165, 1.54) is 0 Å². The summed E-state index contributed by atoms with van der Waals surface area (Å²) in [6.45, 7) is 2.58. The lowest BCUT2D eigenvalue weighted by atomic mass is 10.2. The van der Waals surface area contributed by atoms with Crippen LogP contribution < -0.4 is 15.2 Å². The average Bonchev–Trinajstić information content (AvgIpc) is 2.43. The average molecular weight is 352 g/mol. The first-order valence-electron chi connectivity index (χ1n) is 6.10. The number of ether oxygens (including phenoxy) is 2. The second-order valence-corrected chi connectivity index (χ2v) is 5.37. The van der Waals surface area contributed by atoms with Crippen molar-refractivity contribution in [2.75, 3.05) is 6.61 Å². The Morgan fingerprint density at radius 1 is 1.15 bits per heavy atom. The number of hydrogen-bond acceptors (Lipinski definition) is 3. The quantitative estimate of drug-likeness (QED) is 0.816. The van der Waals surface area contributed by atoms with Gasteiger partial charge in [-0.25, -0.2) is 0 Å². The molecule has 2 N–H and O–H groups in total. The van der Waals surface area contributed by atoms with Gasteiger partial charge in [-0.2, -0.15) is 0 Å². The highest BCUT2D eigenvalue weighted by Crippen LogP contribution is 2.29. The van der Waals surface area contributed by atoms with Crippen LogP contribution >= 0.6 is 28.1 Å². The third-order valence-electron chi connectivity index (χ3n) is 2.57. The van der Waals surface area contributed by atoms with Crippen molar-refractivity contribution in [3.63, 3.8) is 0 Å². The van der Waals surface area contributed by atoms with Gasteiger partial charge in [0.25, 0.3) is 0 Å². The van der Waals surface area contributed by atoms with Gasteiger partial charge >= 0.3 is 0 Å². The monoisotopic (exact) mass is 351 g/mol. The molecule has 0 unspecified atom stereocenters. The topological polar surface area (TPSA) is 44.5 Å². The van der Waals surface area contributed by atoms with Crippen LogP contribution in [0.1, 0.15) is 12.5 Å². The largest absolute Gasteiger partial charge is 0.494 e. The lowest BCUT2D eigenvalue weighted by Crippen LogP contribution is -2.10. The Bertz CT molecular complexity index is 614. The number of nitrogens with two attached hydrogens (primary N) is 1. The minimum atomic E-state index is 0.298. The van der Waals surface area contributed by atoms with Gasteiger partial charge in [0.15, 0.2) is 0 Å². The first-order valence-corrected chi connectivity index (χ1v) is 7.30. The van der Waals surface area contributed by atoms with Gasteiger partial charge in [0, 0.05) is 4.47 Å². The van der Waals surface area contributed by atoms with E-state index in [2.05, 4.69) is 15.9 Å². The highest BCUT2D eigenvalue weighted by Gasteiger charge is 2.08. The summed E-state index contributed by atoms with van der Waals surface area (Å²) in [6.07, 6.45) is 0. The molecule has 0 saturated heterocycles. The van der Waals surface area contributed by atoms with Crippen LogP contribution in [0.15, 0.2) is 46.9 Å². The molecular weight excluding hydrogens is 338 g/mol. The third-order valence-corrected chi connectivity index (χ3v) is 3.28. The van der Waals surface area contributed by atoms with Crippen LogP contribution in [0.2, 0.25) is 0 Å². The Kier molecular flexibility index (Phi) is 4.98. The van der Waals surface area contributed by atoms with Crippen LogP contribution in [0, 0.1) is 0 Å². The molecular formula is C15H14BrNO2S. The molecule has 2 aromatic rings. The van der Waals surface area contributed by atoms with E-state index in [4.69, 9.17) is 27.4 Å². The molecule has 0 bridgehead atoms. The maximum absolute atomic E-state index is 5.82. The summed E-state index contributed by atoms with van der Waals surface area (Å²) in [6, 6.07) is 13.0. The van der Waals surface area contributed by atoms with E-state index < -0.39 is 0 Å². The number of hydrogen-bond donors (Lipinski definition) is 1. The molecule has 2 aromatic carbocycles. The van der Waals surface area contributed by atoms with Gasteiger partial charge in [-0.1, -0.05) is 28.1 Å². The zero-order valence-corrected chi connectivity index (χ0v) is 13.3. The lowest BCUT2D eigenvalue weighted by molar-refractivity contribution is 0.339. The molecule has 0 aromatic heterocycles. The van der Waals surface area contributed by atoms with Crippen molar-refractivity contribution in [2.45, 2.75) is 6.92 Å². The number of halogens is 1. The van der Waals surface area contributed by atoms with E-state index in [1.807, 2.05) is 49.4 Å². The molecule has 0 fully saturated rings. The van der Waals surface area contributed by atoms with Crippen LogP contribution in [0.4, 0.5) is 0 Å². The zero-order chi connectivity index (χ0) is 14.5. The second-order valence-electron chi connectivity index (χ2n) is 4.01. The van der Waals surface area contributed by atoms with Crippen molar-refractivity contribution >= 4 is 33.1 Å². The molecule has 0 amide bonds. The SMILES string of the molecule is CCOc1ccc(Oc2ccc(Br)cc2C(N)=S)cc1. The van der Waals surface area contributed by atoms with E-state index in [0.29, 0.717) is 28.7 Å². The molecule has 0 radical (unpaired) electrons. The van der Waals surface area contributed by atoms with Crippen LogP contribution in [0.5, 0.6) is 17.2 Å². The van der Waals surface area contributed by atoms with Gasteiger partial charge in [-0.3, -0.25) is 0 Å². The molecule has 5 heteroatoms. The normalized spacial score (nSPS) is 10.1. The van der Waals surface area contributed by atoms with Gasteiger partial charge in [0.2, 0.25) is 0 Å². The van der Waals surface area contributed by atoms with E-state index in [9.17, 15) is 0 Å². The lowest BCUT2D eigenvalue weighted by Gasteiger charge is -2.11. The molecule has 0 saturated carbocycles. The molecule has 2 rings (SSSR count). The van der Waals surface area contributed by atoms with Gasteiger partial charge < -0.3 is 15.2 Å². The van der Waals surface area contributed by atoms with Crippen molar-refractivity contribution in [2.24, 2.45) is 5.73 Å². The van der Waals surface area contributed by atoms with Crippen molar-refractivity contribution in [1.29, 1.82) is 0 Å². The minimum Gasteiger partial charge on any atom is -0.494 e. The van der Waals surface area contributed by atoms with Crippen LogP contribution in [0.3, 0.4) is 0 Å². The molecule has 3 nitrogen and oxygen atoms in total. The molecule has 0 aliphatic heterocycles. The summed E-state index contributed by atoms with van der Waals surface area (Å²) < 4.78 is 12.1. The smallest absolute Gasteiger partial charge is 0.137 e. The Labute approximate surface area is 131 Å². The highest BCUT2D eigenvalue weighted by molar-refractivity contribution is 9.10. The molecule has 20 heavy (non-hydrogen) atoms. The van der Waals surface area contributed by atoms with Crippen molar-refractivity contribution in [3.8, 4) is 17.2 Å². The van der Waals surface area contributed by atoms with Gasteiger partial charge in [0.1, 0.15) is 22.2 Å². The fourth-order valence-corrected chi connectivity index (χ4v) is 2.20. The summed E-state index contributed by atoms with van der Waals surface area (Å²) in [5.41, 5.74) is 6.41. The van der Waals surface area contributed by atoms with Gasteiger partial charge in [-0.05, 0) is 49.4 Å². The molecule has 0 spiro atoms. The van der Waals surface area contributed by atoms with Crippen molar-refractivity contribution in [3.05, 3.63) is 52.5 Å². The predicted octanol–water partition coefficient (Wildman–Crippen LogP) is 4.27. The molecule has 0 aliphatic rings. The van der Waals surface area contributed by atoms with Crippen LogP contribution in [0.25, 0.3) is 0 Å². The minimum absolute atomic E-state index is 0.298. The number of rotatable bonds is 5. The number of thiocarbonyl (C=S) groups is 1. The maximum Gasteiger partial charge on any atom is 0.137 e. The van der Waals surface area contributed by atoms with Crippen LogP contribution in [-0.2, 0) is 0 Å². The fraction of sp³-hybridized carbons (Fsp3) is 0.133. The van der Waals surface area contributed by atoms with Crippen molar-refractivity contribution in [1.82, 2.24) is 0 Å². The first kappa shape index (κ1) is 14.8. The second kappa shape index (κ2) is 6.72. The van der Waals surface area contributed by atoms with Gasteiger partial charge in [0.05, 0.1) is 12.2 Å². The van der Waals surface area contributed by atoms with E-state index in [0.717, 1.165) is 10.2 Å². The highest BCUT2D eigenvalue weighted by atomic mass is 79.9. The van der Waals surface area contributed by atoms with Crippen LogP contribution in [-0.4, -0.2) is 11.6 Å². The molecule has 0 heterocycles. The molecule has 0 aliphatic carbocycles. The van der Waals surface area contributed by atoms with Crippen molar-refractivity contribution < 1.29 is 9.47 Å². The maximum atomic E-state index is 5.82. The molecule has 104 valence electrons. The molecule has 0 atom stereocenters. The number of benzene rings is 2. The summed E-state index contributed by atoms with van der Waals surface area (Å²) >= 11 is 8.43. The summed E-state index contributed by atoms with van der Waals surface area (Å²) in [5, 5.41) is 0. The summed E-state index contributed by atoms with van der Waals surface area (Å²) in [4.78, 5) is 0.298. The standard InChI is InChI=1S/C15H14BrNO2S/c1-2-18-11-4-6-12(7-5-11)19-14-8-3-10(16)9-13(14)15(17)20/h3-9H,2H2,1H3,(H2,17,20). The summed E-state index contributed by atoms with van der Waals surface area (Å²) in [7, 11) is 0. The Hall–Kier alpha value is -1.59. The van der Waals surface area contributed by atoms with E-state index >= 15 is 0 Å². The Morgan fingerprint density at radius 2 is 1.80 bits per heavy atom. The zero-order valence-electron chi connectivity index (χ0n) is 10.9. The van der Waals surface area contributed by atoms with E-state index in [1.54, 1.807) is 0 Å². The third kappa shape index (κ3) is 3.71. The fourth-order valence-electron chi connectivity index (χ4n) is 1.68. The Morgan fingerprint density at radius 3 is 2.40 bits per heavy atom. The Balaban J connectivity index is 2.23. The predicted molar refractivity (Wildman–Crippen MR) is 87.7 cm³/mol. The first-order chi connectivity index (χ1) is 9.60. The van der Waals surface area contributed by atoms with Gasteiger partial charge in [-0.15, -0.1) is 0 Å².